The van der Waals surface area contributed by atoms with Crippen LogP contribution in [0.5, 0.6) is 0 Å². The Balaban J connectivity index is 1.81. The predicted octanol–water partition coefficient (Wildman–Crippen LogP) is 5.35. The van der Waals surface area contributed by atoms with Gasteiger partial charge in [-0.3, -0.25) is 19.5 Å². The van der Waals surface area contributed by atoms with Crippen LogP contribution in [0.1, 0.15) is 95.7 Å². The number of nitrogens with zero attached hydrogens (tertiary/aromatic N) is 3. The lowest BCUT2D eigenvalue weighted by molar-refractivity contribution is -0.134. The van der Waals surface area contributed by atoms with Crippen molar-refractivity contribution >= 4 is 17.5 Å². The third-order valence-electron chi connectivity index (χ3n) is 8.08. The monoisotopic (exact) mass is 516 g/mol. The maximum Gasteiger partial charge on any atom is 0.248 e. The Labute approximate surface area is 226 Å². The van der Waals surface area contributed by atoms with Crippen molar-refractivity contribution in [1.82, 2.24) is 10.3 Å². The zero-order valence-corrected chi connectivity index (χ0v) is 22.8. The van der Waals surface area contributed by atoms with Crippen LogP contribution in [0.15, 0.2) is 48.8 Å². The van der Waals surface area contributed by atoms with Crippen molar-refractivity contribution in [2.45, 2.75) is 102 Å². The zero-order valence-electron chi connectivity index (χ0n) is 22.8. The Morgan fingerprint density at radius 1 is 1.08 bits per heavy atom. The lowest BCUT2D eigenvalue weighted by atomic mass is 9.75. The molecule has 2 N–H and O–H groups in total. The van der Waals surface area contributed by atoms with E-state index >= 15 is 0 Å². The van der Waals surface area contributed by atoms with E-state index in [0.29, 0.717) is 24.1 Å². The van der Waals surface area contributed by atoms with E-state index in [4.69, 9.17) is 0 Å². The van der Waals surface area contributed by atoms with Crippen LogP contribution in [0.3, 0.4) is 0 Å². The summed E-state index contributed by atoms with van der Waals surface area (Å²) in [5.41, 5.74) is 0.397. The number of hydrogen-bond acceptors (Lipinski definition) is 5. The smallest absolute Gasteiger partial charge is 0.248 e. The number of carbonyl (C=O) groups is 2. The molecule has 0 aliphatic heterocycles. The first-order valence-corrected chi connectivity index (χ1v) is 13.9. The molecular formula is C31H40N4O3. The highest BCUT2D eigenvalue weighted by Crippen LogP contribution is 2.39. The molecule has 38 heavy (non-hydrogen) atoms. The molecule has 2 unspecified atom stereocenters. The van der Waals surface area contributed by atoms with Crippen molar-refractivity contribution in [1.29, 1.82) is 5.26 Å². The number of nitrogens with one attached hydrogen (secondary N) is 1. The molecule has 202 valence electrons. The van der Waals surface area contributed by atoms with Gasteiger partial charge in [-0.2, -0.15) is 5.26 Å². The van der Waals surface area contributed by atoms with Gasteiger partial charge in [-0.05, 0) is 61.3 Å². The molecule has 7 nitrogen and oxygen atoms in total. The molecule has 1 aromatic heterocycles. The minimum Gasteiger partial charge on any atom is -0.375 e. The van der Waals surface area contributed by atoms with Crippen molar-refractivity contribution < 1.29 is 14.7 Å². The summed E-state index contributed by atoms with van der Waals surface area (Å²) < 4.78 is 0. The molecule has 2 aliphatic rings. The van der Waals surface area contributed by atoms with E-state index in [2.05, 4.69) is 31.1 Å². The van der Waals surface area contributed by atoms with Crippen molar-refractivity contribution in [2.75, 3.05) is 4.90 Å². The molecule has 0 spiro atoms. The van der Waals surface area contributed by atoms with Crippen LogP contribution in [0.2, 0.25) is 0 Å². The fraction of sp³-hybridized carbons (Fsp3) is 0.548. The molecule has 2 fully saturated rings. The van der Waals surface area contributed by atoms with Crippen LogP contribution in [-0.2, 0) is 15.0 Å². The summed E-state index contributed by atoms with van der Waals surface area (Å²) in [5, 5.41) is 24.3. The number of nitriles is 1. The van der Waals surface area contributed by atoms with Gasteiger partial charge < -0.3 is 10.4 Å². The summed E-state index contributed by atoms with van der Waals surface area (Å²) in [4.78, 5) is 34.1. The van der Waals surface area contributed by atoms with Crippen molar-refractivity contribution in [2.24, 2.45) is 5.92 Å². The third kappa shape index (κ3) is 6.07. The maximum atomic E-state index is 14.4. The van der Waals surface area contributed by atoms with Gasteiger partial charge in [-0.25, -0.2) is 0 Å². The van der Waals surface area contributed by atoms with Gasteiger partial charge in [0, 0.05) is 29.7 Å². The molecule has 2 aliphatic carbocycles. The molecule has 7 heteroatoms. The number of amides is 2. The molecule has 1 heterocycles. The average molecular weight is 517 g/mol. The number of hydrogen-bond donors (Lipinski definition) is 2. The van der Waals surface area contributed by atoms with Crippen LogP contribution >= 0.6 is 0 Å². The number of aromatic nitrogens is 1. The zero-order chi connectivity index (χ0) is 27.3. The van der Waals surface area contributed by atoms with E-state index < -0.39 is 23.5 Å². The maximum absolute atomic E-state index is 14.4. The first-order valence-electron chi connectivity index (χ1n) is 13.9. The molecule has 4 rings (SSSR count). The number of carbonyl (C=O) groups excluding carboxylic acids is 2. The Kier molecular flexibility index (Phi) is 8.52. The fourth-order valence-corrected chi connectivity index (χ4v) is 5.79. The fourth-order valence-electron chi connectivity index (χ4n) is 5.79. The van der Waals surface area contributed by atoms with E-state index in [0.717, 1.165) is 44.1 Å². The highest BCUT2D eigenvalue weighted by molar-refractivity contribution is 6.03. The van der Waals surface area contributed by atoms with Crippen LogP contribution < -0.4 is 10.2 Å². The average Bonchev–Trinajstić information content (AvgIpc) is 2.92. The third-order valence-corrected chi connectivity index (χ3v) is 8.08. The summed E-state index contributed by atoms with van der Waals surface area (Å²) in [7, 11) is 0. The first kappa shape index (κ1) is 27.8. The topological polar surface area (TPSA) is 106 Å². The van der Waals surface area contributed by atoms with Gasteiger partial charge in [0.25, 0.3) is 0 Å². The normalized spacial score (nSPS) is 23.2. The van der Waals surface area contributed by atoms with Crippen LogP contribution in [0.25, 0.3) is 0 Å². The SMILES string of the molecule is CC(C)(C)c1ccc(N(C(=O)[C@H]2CCCCC2(O)C#N)C(C(=O)NC2CCCCC2)c2cccnc2)cc1. The van der Waals surface area contributed by atoms with Gasteiger partial charge in [-0.1, -0.05) is 64.7 Å². The second-order valence-corrected chi connectivity index (χ2v) is 11.9. The van der Waals surface area contributed by atoms with E-state index in [1.165, 1.54) is 4.90 Å². The summed E-state index contributed by atoms with van der Waals surface area (Å²) in [6.45, 7) is 6.36. The molecule has 0 saturated heterocycles. The summed E-state index contributed by atoms with van der Waals surface area (Å²) in [5.74, 6) is -1.61. The van der Waals surface area contributed by atoms with Gasteiger partial charge in [0.1, 0.15) is 6.04 Å². The number of pyridine rings is 1. The van der Waals surface area contributed by atoms with Crippen molar-refractivity contribution in [3.05, 3.63) is 59.9 Å². The Morgan fingerprint density at radius 3 is 2.37 bits per heavy atom. The van der Waals surface area contributed by atoms with E-state index in [1.807, 2.05) is 30.3 Å². The Bertz CT molecular complexity index is 1150. The van der Waals surface area contributed by atoms with Crippen LogP contribution in [-0.4, -0.2) is 33.5 Å². The van der Waals surface area contributed by atoms with Gasteiger partial charge >= 0.3 is 0 Å². The van der Waals surface area contributed by atoms with Gasteiger partial charge in [0.15, 0.2) is 5.60 Å². The van der Waals surface area contributed by atoms with Gasteiger partial charge in [0.05, 0.1) is 12.0 Å². The number of benzene rings is 1. The second-order valence-electron chi connectivity index (χ2n) is 11.9. The van der Waals surface area contributed by atoms with E-state index in [1.54, 1.807) is 24.5 Å². The second kappa shape index (κ2) is 11.7. The predicted molar refractivity (Wildman–Crippen MR) is 147 cm³/mol. The van der Waals surface area contributed by atoms with Crippen molar-refractivity contribution in [3.63, 3.8) is 0 Å². The largest absolute Gasteiger partial charge is 0.375 e. The van der Waals surface area contributed by atoms with Gasteiger partial charge in [-0.15, -0.1) is 0 Å². The minimum atomic E-state index is -1.77. The van der Waals surface area contributed by atoms with E-state index in [-0.39, 0.29) is 23.8 Å². The number of aliphatic hydroxyl groups is 1. The first-order chi connectivity index (χ1) is 18.1. The number of rotatable bonds is 6. The molecule has 1 aromatic carbocycles. The molecular weight excluding hydrogens is 476 g/mol. The molecule has 0 bridgehead atoms. The van der Waals surface area contributed by atoms with Crippen molar-refractivity contribution in [3.8, 4) is 6.07 Å². The quantitative estimate of drug-likeness (QED) is 0.504. The standard InChI is InChI=1S/C31H40N4O3/c1-30(2,3)23-14-16-25(17-15-23)35(29(37)26-13-7-8-18-31(26,38)21-32)27(22-10-9-19-33-20-22)28(36)34-24-11-5-4-6-12-24/h9-10,14-17,19-20,24,26-27,38H,4-8,11-13,18H2,1-3H3,(H,34,36)/t26-,27?,31?/m1/s1. The molecule has 2 amide bonds. The molecule has 2 aromatic rings. The minimum absolute atomic E-state index is 0.0568. The lowest BCUT2D eigenvalue weighted by Gasteiger charge is -2.40. The highest BCUT2D eigenvalue weighted by Gasteiger charge is 2.48. The molecule has 3 atom stereocenters. The van der Waals surface area contributed by atoms with E-state index in [9.17, 15) is 20.0 Å². The van der Waals surface area contributed by atoms with Crippen LogP contribution in [0, 0.1) is 17.2 Å². The summed E-state index contributed by atoms with van der Waals surface area (Å²) in [6.07, 6.45) is 10.4. The summed E-state index contributed by atoms with van der Waals surface area (Å²) >= 11 is 0. The molecule has 0 radical (unpaired) electrons. The Hall–Kier alpha value is -3.24. The lowest BCUT2D eigenvalue weighted by Crippen LogP contribution is -2.53. The van der Waals surface area contributed by atoms with Crippen LogP contribution in [0.4, 0.5) is 5.69 Å². The highest BCUT2D eigenvalue weighted by atomic mass is 16.3. The number of anilines is 1. The Morgan fingerprint density at radius 2 is 1.76 bits per heavy atom. The molecule has 2 saturated carbocycles. The summed E-state index contributed by atoms with van der Waals surface area (Å²) in [6, 6.07) is 12.3. The van der Waals surface area contributed by atoms with Gasteiger partial charge in [0.2, 0.25) is 11.8 Å².